The van der Waals surface area contributed by atoms with Crippen LogP contribution in [0.4, 0.5) is 0 Å². The van der Waals surface area contributed by atoms with Crippen LogP contribution in [0.25, 0.3) is 33.3 Å². The van der Waals surface area contributed by atoms with E-state index in [1.165, 1.54) is 5.56 Å². The van der Waals surface area contributed by atoms with Gasteiger partial charge in [0.1, 0.15) is 5.52 Å². The van der Waals surface area contributed by atoms with Crippen LogP contribution in [0.5, 0.6) is 0 Å². The summed E-state index contributed by atoms with van der Waals surface area (Å²) in [5.41, 5.74) is 6.13. The topological polar surface area (TPSA) is 73.0 Å². The van der Waals surface area contributed by atoms with Crippen molar-refractivity contribution in [2.75, 3.05) is 13.1 Å². The monoisotopic (exact) mass is 415 g/mol. The first kappa shape index (κ1) is 19.5. The Bertz CT molecular complexity index is 1360. The van der Waals surface area contributed by atoms with Crippen LogP contribution in [-0.2, 0) is 11.8 Å². The second-order valence-corrected chi connectivity index (χ2v) is 8.37. The molecule has 0 atom stereocenters. The van der Waals surface area contributed by atoms with Crippen LogP contribution in [0, 0.1) is 6.92 Å². The van der Waals surface area contributed by atoms with Gasteiger partial charge in [0.15, 0.2) is 0 Å². The number of hydrogen-bond acceptors (Lipinski definition) is 4. The van der Waals surface area contributed by atoms with E-state index in [9.17, 15) is 9.59 Å². The maximum Gasteiger partial charge on any atom is 0.329 e. The first-order valence-corrected chi connectivity index (χ1v) is 10.6. The number of pyridine rings is 2. The zero-order valence-corrected chi connectivity index (χ0v) is 18.0. The molecule has 0 bridgehead atoms. The number of carbonyl (C=O) groups is 1. The van der Waals surface area contributed by atoms with E-state index in [2.05, 4.69) is 36.2 Å². The first-order valence-electron chi connectivity index (χ1n) is 10.6. The van der Waals surface area contributed by atoms with Gasteiger partial charge >= 0.3 is 5.69 Å². The summed E-state index contributed by atoms with van der Waals surface area (Å²) in [5.74, 6) is 0.0859. The van der Waals surface area contributed by atoms with Crippen molar-refractivity contribution in [2.45, 2.75) is 32.7 Å². The number of imidazole rings is 1. The number of fused-ring (bicyclic) bond motifs is 3. The zero-order chi connectivity index (χ0) is 21.7. The van der Waals surface area contributed by atoms with Crippen molar-refractivity contribution in [1.29, 1.82) is 0 Å². The maximum absolute atomic E-state index is 13.2. The fraction of sp³-hybridized carbons (Fsp3) is 0.333. The quantitative estimate of drug-likeness (QED) is 0.503. The molecule has 1 amide bonds. The Morgan fingerprint density at radius 3 is 2.45 bits per heavy atom. The smallest absolute Gasteiger partial charge is 0.329 e. The molecular weight excluding hydrogens is 390 g/mol. The van der Waals surface area contributed by atoms with Gasteiger partial charge in [-0.25, -0.2) is 9.78 Å². The predicted octanol–water partition coefficient (Wildman–Crippen LogP) is 3.44. The maximum atomic E-state index is 13.2. The van der Waals surface area contributed by atoms with Gasteiger partial charge in [-0.15, -0.1) is 0 Å². The lowest BCUT2D eigenvalue weighted by atomic mass is 10.0. The summed E-state index contributed by atoms with van der Waals surface area (Å²) in [7, 11) is 1.78. The lowest BCUT2D eigenvalue weighted by Gasteiger charge is -2.31. The molecule has 0 spiro atoms. The molecule has 1 aliphatic rings. The number of amides is 1. The number of nitrogens with zero attached hydrogens (tertiary/aromatic N) is 5. The van der Waals surface area contributed by atoms with Crippen molar-refractivity contribution in [3.63, 3.8) is 0 Å². The van der Waals surface area contributed by atoms with Crippen molar-refractivity contribution in [2.24, 2.45) is 7.05 Å². The van der Waals surface area contributed by atoms with E-state index in [1.54, 1.807) is 24.7 Å². The van der Waals surface area contributed by atoms with E-state index in [-0.39, 0.29) is 17.6 Å². The number of piperidine rings is 1. The van der Waals surface area contributed by atoms with Crippen molar-refractivity contribution in [3.05, 3.63) is 58.6 Å². The van der Waals surface area contributed by atoms with Gasteiger partial charge in [-0.1, -0.05) is 29.8 Å². The van der Waals surface area contributed by atoms with Gasteiger partial charge in [-0.2, -0.15) is 0 Å². The molecule has 0 saturated carbocycles. The summed E-state index contributed by atoms with van der Waals surface area (Å²) in [6.07, 6.45) is 3.26. The molecular formula is C24H25N5O2. The van der Waals surface area contributed by atoms with Crippen LogP contribution in [0.3, 0.4) is 0 Å². The van der Waals surface area contributed by atoms with Crippen LogP contribution >= 0.6 is 0 Å². The fourth-order valence-electron chi connectivity index (χ4n) is 4.55. The van der Waals surface area contributed by atoms with Crippen molar-refractivity contribution < 1.29 is 4.79 Å². The van der Waals surface area contributed by atoms with Crippen molar-refractivity contribution in [1.82, 2.24) is 24.0 Å². The summed E-state index contributed by atoms with van der Waals surface area (Å²) < 4.78 is 3.53. The van der Waals surface area contributed by atoms with Crippen LogP contribution in [-0.4, -0.2) is 43.0 Å². The molecule has 1 fully saturated rings. The van der Waals surface area contributed by atoms with E-state index in [0.717, 1.165) is 46.2 Å². The van der Waals surface area contributed by atoms with E-state index in [4.69, 9.17) is 4.98 Å². The minimum absolute atomic E-state index is 0.0298. The largest absolute Gasteiger partial charge is 0.343 e. The molecule has 0 N–H and O–H groups in total. The normalized spacial score (nSPS) is 15.1. The van der Waals surface area contributed by atoms with Crippen LogP contribution < -0.4 is 5.69 Å². The van der Waals surface area contributed by atoms with Gasteiger partial charge in [0.05, 0.1) is 28.4 Å². The standard InChI is InChI=1S/C24H25N5O2/c1-15-4-6-17(7-5-15)19-8-9-20-22(26-19)23-21(14-25-20)27(3)24(31)29(23)18-10-12-28(13-11-18)16(2)30/h4-9,14,18H,10-13H2,1-3H3. The second-order valence-electron chi connectivity index (χ2n) is 8.37. The summed E-state index contributed by atoms with van der Waals surface area (Å²) in [6, 6.07) is 12.2. The molecule has 0 unspecified atom stereocenters. The van der Waals surface area contributed by atoms with E-state index in [1.807, 2.05) is 21.6 Å². The molecule has 1 saturated heterocycles. The molecule has 0 aliphatic carbocycles. The molecule has 1 aliphatic heterocycles. The van der Waals surface area contributed by atoms with Gasteiger partial charge in [0, 0.05) is 38.7 Å². The molecule has 7 nitrogen and oxygen atoms in total. The molecule has 3 aromatic heterocycles. The highest BCUT2D eigenvalue weighted by Crippen LogP contribution is 2.30. The minimum atomic E-state index is -0.0619. The third-order valence-electron chi connectivity index (χ3n) is 6.38. The van der Waals surface area contributed by atoms with Crippen LogP contribution in [0.2, 0.25) is 0 Å². The molecule has 1 aromatic carbocycles. The van der Waals surface area contributed by atoms with Crippen LogP contribution in [0.15, 0.2) is 47.4 Å². The second kappa shape index (κ2) is 7.34. The molecule has 5 rings (SSSR count). The number of likely N-dealkylation sites (tertiary alicyclic amines) is 1. The Kier molecular flexibility index (Phi) is 4.61. The highest BCUT2D eigenvalue weighted by Gasteiger charge is 2.27. The lowest BCUT2D eigenvalue weighted by molar-refractivity contribution is -0.130. The number of hydrogen-bond donors (Lipinski definition) is 0. The molecule has 158 valence electrons. The summed E-state index contributed by atoms with van der Waals surface area (Å²) in [5, 5.41) is 0. The Labute approximate surface area is 180 Å². The van der Waals surface area contributed by atoms with E-state index in [0.29, 0.717) is 13.1 Å². The molecule has 4 aromatic rings. The van der Waals surface area contributed by atoms with Gasteiger partial charge in [-0.05, 0) is 31.9 Å². The number of aromatic nitrogens is 4. The molecule has 4 heterocycles. The molecule has 7 heteroatoms. The molecule has 31 heavy (non-hydrogen) atoms. The molecule has 0 radical (unpaired) electrons. The highest BCUT2D eigenvalue weighted by atomic mass is 16.2. The summed E-state index contributed by atoms with van der Waals surface area (Å²) in [6.45, 7) is 4.98. The van der Waals surface area contributed by atoms with Gasteiger partial charge in [-0.3, -0.25) is 18.9 Å². The highest BCUT2D eigenvalue weighted by molar-refractivity contribution is 6.00. The number of benzene rings is 1. The van der Waals surface area contributed by atoms with Gasteiger partial charge in [0.25, 0.3) is 0 Å². The Balaban J connectivity index is 1.69. The average Bonchev–Trinajstić information content (AvgIpc) is 3.04. The predicted molar refractivity (Wildman–Crippen MR) is 121 cm³/mol. The number of aryl methyl sites for hydroxylation is 2. The summed E-state index contributed by atoms with van der Waals surface area (Å²) >= 11 is 0. The minimum Gasteiger partial charge on any atom is -0.343 e. The lowest BCUT2D eigenvalue weighted by Crippen LogP contribution is -2.39. The van der Waals surface area contributed by atoms with Gasteiger partial charge in [0.2, 0.25) is 5.91 Å². The number of rotatable bonds is 2. The van der Waals surface area contributed by atoms with E-state index < -0.39 is 0 Å². The number of carbonyl (C=O) groups excluding carboxylic acids is 1. The summed E-state index contributed by atoms with van der Waals surface area (Å²) in [4.78, 5) is 36.3. The third-order valence-corrected chi connectivity index (χ3v) is 6.38. The van der Waals surface area contributed by atoms with Crippen molar-refractivity contribution in [3.8, 4) is 11.3 Å². The van der Waals surface area contributed by atoms with Crippen molar-refractivity contribution >= 4 is 28.0 Å². The third kappa shape index (κ3) is 3.21. The average molecular weight is 415 g/mol. The zero-order valence-electron chi connectivity index (χ0n) is 18.0. The van der Waals surface area contributed by atoms with Crippen LogP contribution in [0.1, 0.15) is 31.4 Å². The fourth-order valence-corrected chi connectivity index (χ4v) is 4.55. The SMILES string of the molecule is CC(=O)N1CCC(n2c(=O)n(C)c3cnc4ccc(-c5ccc(C)cc5)nc4c32)CC1. The Morgan fingerprint density at radius 1 is 1.06 bits per heavy atom. The Morgan fingerprint density at radius 2 is 1.77 bits per heavy atom. The van der Waals surface area contributed by atoms with Gasteiger partial charge < -0.3 is 4.90 Å². The first-order chi connectivity index (χ1) is 14.9. The van der Waals surface area contributed by atoms with E-state index >= 15 is 0 Å². The Hall–Kier alpha value is -3.48.